The minimum Gasteiger partial charge on any atom is -0.426 e. The Bertz CT molecular complexity index is 813. The number of aryl methyl sites for hydroxylation is 1. The minimum absolute atomic E-state index is 0.0311. The molecule has 2 aromatic carbocycles. The molecule has 27 heavy (non-hydrogen) atoms. The number of benzene rings is 2. The van der Waals surface area contributed by atoms with Gasteiger partial charge in [-0.2, -0.15) is 0 Å². The van der Waals surface area contributed by atoms with Gasteiger partial charge in [-0.1, -0.05) is 51.1 Å². The van der Waals surface area contributed by atoms with Crippen LogP contribution in [0.3, 0.4) is 0 Å². The van der Waals surface area contributed by atoms with E-state index in [2.05, 4.69) is 20.8 Å². The maximum Gasteiger partial charge on any atom is 0.316 e. The standard InChI is InChI=1S/C23H27NO3/c1-4-16(3)20-8-6-7-9-21(20)27-23(26)18-14-22(25)24(15-18)19-12-10-17(5-2)11-13-19/h6-13,16,18H,4-5,14-15H2,1-3H3/t16-,18+/m1/s1. The van der Waals surface area contributed by atoms with Gasteiger partial charge in [0.2, 0.25) is 5.91 Å². The number of carbonyl (C=O) groups is 2. The lowest BCUT2D eigenvalue weighted by atomic mass is 9.98. The van der Waals surface area contributed by atoms with Gasteiger partial charge in [0, 0.05) is 18.7 Å². The third-order valence-corrected chi connectivity index (χ3v) is 5.39. The molecule has 0 aliphatic carbocycles. The van der Waals surface area contributed by atoms with Crippen molar-refractivity contribution in [2.24, 2.45) is 5.92 Å². The molecule has 4 heteroatoms. The number of ether oxygens (including phenoxy) is 1. The average Bonchev–Trinajstić information content (AvgIpc) is 3.09. The Morgan fingerprint density at radius 3 is 2.52 bits per heavy atom. The van der Waals surface area contributed by atoms with Crippen molar-refractivity contribution < 1.29 is 14.3 Å². The number of hydrogen-bond donors (Lipinski definition) is 0. The average molecular weight is 365 g/mol. The van der Waals surface area contributed by atoms with E-state index in [4.69, 9.17) is 4.74 Å². The predicted octanol–water partition coefficient (Wildman–Crippen LogP) is 4.72. The van der Waals surface area contributed by atoms with E-state index < -0.39 is 5.92 Å². The normalized spacial score (nSPS) is 17.8. The molecule has 0 aromatic heterocycles. The number of carbonyl (C=O) groups excluding carboxylic acids is 2. The van der Waals surface area contributed by atoms with E-state index in [9.17, 15) is 9.59 Å². The van der Waals surface area contributed by atoms with Crippen LogP contribution in [0.25, 0.3) is 0 Å². The van der Waals surface area contributed by atoms with Gasteiger partial charge in [0.25, 0.3) is 0 Å². The topological polar surface area (TPSA) is 46.6 Å². The van der Waals surface area contributed by atoms with Crippen LogP contribution in [0, 0.1) is 5.92 Å². The highest BCUT2D eigenvalue weighted by atomic mass is 16.5. The quantitative estimate of drug-likeness (QED) is 0.550. The Morgan fingerprint density at radius 1 is 1.15 bits per heavy atom. The molecule has 2 atom stereocenters. The van der Waals surface area contributed by atoms with Crippen LogP contribution >= 0.6 is 0 Å². The monoisotopic (exact) mass is 365 g/mol. The summed E-state index contributed by atoms with van der Waals surface area (Å²) in [5, 5.41) is 0. The van der Waals surface area contributed by atoms with Gasteiger partial charge >= 0.3 is 5.97 Å². The van der Waals surface area contributed by atoms with E-state index in [0.717, 1.165) is 24.1 Å². The van der Waals surface area contributed by atoms with Crippen molar-refractivity contribution in [1.82, 2.24) is 0 Å². The molecule has 3 rings (SSSR count). The lowest BCUT2D eigenvalue weighted by molar-refractivity contribution is -0.139. The van der Waals surface area contributed by atoms with Gasteiger partial charge in [0.05, 0.1) is 5.92 Å². The number of amides is 1. The summed E-state index contributed by atoms with van der Waals surface area (Å²) in [6.45, 7) is 6.70. The molecule has 0 radical (unpaired) electrons. The van der Waals surface area contributed by atoms with Crippen molar-refractivity contribution in [1.29, 1.82) is 0 Å². The van der Waals surface area contributed by atoms with Crippen LogP contribution in [-0.2, 0) is 16.0 Å². The van der Waals surface area contributed by atoms with Crippen LogP contribution in [-0.4, -0.2) is 18.4 Å². The zero-order valence-corrected chi connectivity index (χ0v) is 16.3. The molecular weight excluding hydrogens is 338 g/mol. The highest BCUT2D eigenvalue weighted by molar-refractivity contribution is 5.99. The molecule has 4 nitrogen and oxygen atoms in total. The van der Waals surface area contributed by atoms with Gasteiger partial charge in [0.1, 0.15) is 5.75 Å². The number of anilines is 1. The molecule has 0 saturated carbocycles. The predicted molar refractivity (Wildman–Crippen MR) is 107 cm³/mol. The molecule has 0 bridgehead atoms. The summed E-state index contributed by atoms with van der Waals surface area (Å²) in [4.78, 5) is 26.8. The van der Waals surface area contributed by atoms with Gasteiger partial charge in [0.15, 0.2) is 0 Å². The molecule has 0 spiro atoms. The first kappa shape index (κ1) is 19.2. The van der Waals surface area contributed by atoms with E-state index in [-0.39, 0.29) is 18.3 Å². The number of rotatable bonds is 6. The fourth-order valence-corrected chi connectivity index (χ4v) is 3.42. The maximum absolute atomic E-state index is 12.7. The van der Waals surface area contributed by atoms with E-state index in [1.165, 1.54) is 5.56 Å². The first-order chi connectivity index (χ1) is 13.0. The van der Waals surface area contributed by atoms with Crippen LogP contribution < -0.4 is 9.64 Å². The summed E-state index contributed by atoms with van der Waals surface area (Å²) >= 11 is 0. The number of hydrogen-bond acceptors (Lipinski definition) is 3. The van der Waals surface area contributed by atoms with Gasteiger partial charge in [-0.05, 0) is 48.1 Å². The van der Waals surface area contributed by atoms with Gasteiger partial charge < -0.3 is 9.64 Å². The second kappa shape index (κ2) is 8.38. The van der Waals surface area contributed by atoms with E-state index in [1.807, 2.05) is 48.5 Å². The van der Waals surface area contributed by atoms with Crippen LogP contribution in [0.4, 0.5) is 5.69 Å². The number of para-hydroxylation sites is 1. The summed E-state index contributed by atoms with van der Waals surface area (Å²) in [7, 11) is 0. The smallest absolute Gasteiger partial charge is 0.316 e. The summed E-state index contributed by atoms with van der Waals surface area (Å²) in [6, 6.07) is 15.6. The van der Waals surface area contributed by atoms with Gasteiger partial charge in [-0.15, -0.1) is 0 Å². The Labute approximate surface area is 161 Å². The molecule has 142 valence electrons. The molecule has 1 aliphatic rings. The summed E-state index contributed by atoms with van der Waals surface area (Å²) < 4.78 is 5.70. The third-order valence-electron chi connectivity index (χ3n) is 5.39. The van der Waals surface area contributed by atoms with Gasteiger partial charge in [-0.25, -0.2) is 0 Å². The Kier molecular flexibility index (Phi) is 5.94. The third kappa shape index (κ3) is 4.21. The largest absolute Gasteiger partial charge is 0.426 e. The van der Waals surface area contributed by atoms with Crippen molar-refractivity contribution in [3.63, 3.8) is 0 Å². The molecule has 2 aromatic rings. The fourth-order valence-electron chi connectivity index (χ4n) is 3.42. The maximum atomic E-state index is 12.7. The Hall–Kier alpha value is -2.62. The van der Waals surface area contributed by atoms with Crippen LogP contribution in [0.2, 0.25) is 0 Å². The molecule has 1 saturated heterocycles. The van der Waals surface area contributed by atoms with E-state index in [0.29, 0.717) is 18.2 Å². The molecule has 1 heterocycles. The first-order valence-corrected chi connectivity index (χ1v) is 9.73. The second-order valence-electron chi connectivity index (χ2n) is 7.19. The van der Waals surface area contributed by atoms with Crippen molar-refractivity contribution in [2.45, 2.75) is 46.0 Å². The summed E-state index contributed by atoms with van der Waals surface area (Å²) in [5.41, 5.74) is 3.10. The molecule has 1 aliphatic heterocycles. The van der Waals surface area contributed by atoms with E-state index >= 15 is 0 Å². The van der Waals surface area contributed by atoms with E-state index in [1.54, 1.807) is 4.90 Å². The van der Waals surface area contributed by atoms with Crippen molar-refractivity contribution >= 4 is 17.6 Å². The molecular formula is C23H27NO3. The fraction of sp³-hybridized carbons (Fsp3) is 0.391. The lowest BCUT2D eigenvalue weighted by Gasteiger charge is -2.18. The SMILES string of the molecule is CCc1ccc(N2C[C@@H](C(=O)Oc3ccccc3[C@H](C)CC)CC2=O)cc1. The Balaban J connectivity index is 1.71. The van der Waals surface area contributed by atoms with Crippen molar-refractivity contribution in [2.75, 3.05) is 11.4 Å². The van der Waals surface area contributed by atoms with Crippen LogP contribution in [0.1, 0.15) is 50.7 Å². The second-order valence-corrected chi connectivity index (χ2v) is 7.19. The molecule has 0 unspecified atom stereocenters. The van der Waals surface area contributed by atoms with Crippen molar-refractivity contribution in [3.05, 3.63) is 59.7 Å². The molecule has 1 fully saturated rings. The van der Waals surface area contributed by atoms with Crippen molar-refractivity contribution in [3.8, 4) is 5.75 Å². The summed E-state index contributed by atoms with van der Waals surface area (Å²) in [6.07, 6.45) is 2.12. The minimum atomic E-state index is -0.437. The van der Waals surface area contributed by atoms with Gasteiger partial charge in [-0.3, -0.25) is 9.59 Å². The summed E-state index contributed by atoms with van der Waals surface area (Å²) in [5.74, 6) is 0.124. The lowest BCUT2D eigenvalue weighted by Crippen LogP contribution is -2.27. The molecule has 1 amide bonds. The van der Waals surface area contributed by atoms with Crippen LogP contribution in [0.15, 0.2) is 48.5 Å². The zero-order valence-electron chi connectivity index (χ0n) is 16.3. The molecule has 0 N–H and O–H groups in total. The Morgan fingerprint density at radius 2 is 1.85 bits per heavy atom. The zero-order chi connectivity index (χ0) is 19.4. The number of esters is 1. The first-order valence-electron chi connectivity index (χ1n) is 9.73. The number of nitrogens with zero attached hydrogens (tertiary/aromatic N) is 1. The highest BCUT2D eigenvalue weighted by Crippen LogP contribution is 2.31. The van der Waals surface area contributed by atoms with Crippen LogP contribution in [0.5, 0.6) is 5.75 Å². The highest BCUT2D eigenvalue weighted by Gasteiger charge is 2.36.